The number of carboxylic acid groups (broad SMARTS) is 1. The van der Waals surface area contributed by atoms with Gasteiger partial charge in [-0.3, -0.25) is 0 Å². The smallest absolute Gasteiger partial charge is 0.343 e. The summed E-state index contributed by atoms with van der Waals surface area (Å²) in [5.41, 5.74) is -1.21. The van der Waals surface area contributed by atoms with Gasteiger partial charge in [0.25, 0.3) is 6.43 Å². The summed E-state index contributed by atoms with van der Waals surface area (Å²) < 4.78 is 45.4. The molecule has 1 N–H and O–H groups in total. The molecule has 0 saturated carbocycles. The van der Waals surface area contributed by atoms with Crippen LogP contribution in [0.3, 0.4) is 0 Å². The molecule has 2 rings (SSSR count). The van der Waals surface area contributed by atoms with Crippen molar-refractivity contribution in [2.75, 3.05) is 0 Å². The Hall–Kier alpha value is -2.51. The zero-order valence-electron chi connectivity index (χ0n) is 11.8. The number of hydrogen-bond acceptors (Lipinski definition) is 3. The van der Waals surface area contributed by atoms with Crippen LogP contribution < -0.4 is 4.74 Å². The molecule has 0 unspecified atom stereocenters. The number of aromatic carboxylic acids is 1. The first-order valence-electron chi connectivity index (χ1n) is 6.39. The first-order chi connectivity index (χ1) is 10.3. The van der Waals surface area contributed by atoms with E-state index in [1.807, 2.05) is 0 Å². The van der Waals surface area contributed by atoms with Crippen molar-refractivity contribution in [1.82, 2.24) is 9.78 Å². The molecule has 5 nitrogen and oxygen atoms in total. The van der Waals surface area contributed by atoms with Crippen LogP contribution in [0.2, 0.25) is 0 Å². The van der Waals surface area contributed by atoms with Crippen LogP contribution in [0.5, 0.6) is 11.6 Å². The highest BCUT2D eigenvalue weighted by atomic mass is 19.3. The Morgan fingerprint density at radius 1 is 1.45 bits per heavy atom. The second-order valence-corrected chi connectivity index (χ2v) is 4.50. The summed E-state index contributed by atoms with van der Waals surface area (Å²) in [5.74, 6) is -2.19. The maximum absolute atomic E-state index is 13.4. The highest BCUT2D eigenvalue weighted by Crippen LogP contribution is 2.32. The van der Waals surface area contributed by atoms with E-state index in [0.717, 1.165) is 4.68 Å². The molecule has 0 amide bonds. The van der Waals surface area contributed by atoms with Crippen LogP contribution in [-0.4, -0.2) is 20.9 Å². The molecule has 1 aromatic heterocycles. The van der Waals surface area contributed by atoms with Crippen LogP contribution in [0.4, 0.5) is 13.2 Å². The van der Waals surface area contributed by atoms with Crippen LogP contribution in [0.25, 0.3) is 0 Å². The van der Waals surface area contributed by atoms with Gasteiger partial charge in [0.1, 0.15) is 17.3 Å². The largest absolute Gasteiger partial charge is 0.477 e. The number of carbonyl (C=O) groups is 1. The monoisotopic (exact) mass is 314 g/mol. The van der Waals surface area contributed by atoms with Crippen molar-refractivity contribution in [3.8, 4) is 11.6 Å². The third-order valence-corrected chi connectivity index (χ3v) is 3.05. The molecule has 0 fully saturated rings. The van der Waals surface area contributed by atoms with Crippen LogP contribution >= 0.6 is 0 Å². The van der Waals surface area contributed by atoms with Crippen LogP contribution in [0.15, 0.2) is 18.2 Å². The Labute approximate surface area is 123 Å². The van der Waals surface area contributed by atoms with E-state index in [0.29, 0.717) is 12.0 Å². The van der Waals surface area contributed by atoms with Gasteiger partial charge in [0.2, 0.25) is 5.88 Å². The van der Waals surface area contributed by atoms with Gasteiger partial charge in [-0.1, -0.05) is 6.92 Å². The van der Waals surface area contributed by atoms with Crippen LogP contribution in [0.1, 0.15) is 35.0 Å². The standard InChI is InChI=1S/C14H13F3N2O3/c1-3-7-6-8(4-5-9(7)15)22-13-10(14(20)21)11(12(16)17)18-19(13)2/h4-6,12H,3H2,1-2H3,(H,20,21). The number of alkyl halides is 2. The topological polar surface area (TPSA) is 64.3 Å². The molecule has 1 aromatic carbocycles. The zero-order chi connectivity index (χ0) is 16.4. The molecule has 0 aliphatic carbocycles. The van der Waals surface area contributed by atoms with E-state index in [2.05, 4.69) is 5.10 Å². The van der Waals surface area contributed by atoms with Gasteiger partial charge in [-0.25, -0.2) is 22.6 Å². The molecule has 22 heavy (non-hydrogen) atoms. The number of aromatic nitrogens is 2. The summed E-state index contributed by atoms with van der Waals surface area (Å²) in [6.45, 7) is 1.74. The minimum Gasteiger partial charge on any atom is -0.477 e. The molecule has 0 spiro atoms. The molecular formula is C14H13F3N2O3. The quantitative estimate of drug-likeness (QED) is 0.916. The Morgan fingerprint density at radius 2 is 2.14 bits per heavy atom. The SMILES string of the molecule is CCc1cc(Oc2c(C(=O)O)c(C(F)F)nn2C)ccc1F. The summed E-state index contributed by atoms with van der Waals surface area (Å²) in [6, 6.07) is 3.84. The van der Waals surface area contributed by atoms with Crippen molar-refractivity contribution < 1.29 is 27.8 Å². The van der Waals surface area contributed by atoms with Gasteiger partial charge in [-0.2, -0.15) is 5.10 Å². The predicted molar refractivity (Wildman–Crippen MR) is 71.0 cm³/mol. The molecule has 0 aliphatic heterocycles. The number of ether oxygens (including phenoxy) is 1. The van der Waals surface area contributed by atoms with Gasteiger partial charge in [0.05, 0.1) is 0 Å². The lowest BCUT2D eigenvalue weighted by Gasteiger charge is -2.09. The van der Waals surface area contributed by atoms with Crippen molar-refractivity contribution in [3.05, 3.63) is 40.8 Å². The third-order valence-electron chi connectivity index (χ3n) is 3.05. The van der Waals surface area contributed by atoms with E-state index in [1.165, 1.54) is 25.2 Å². The fourth-order valence-corrected chi connectivity index (χ4v) is 2.00. The molecule has 0 aliphatic rings. The van der Waals surface area contributed by atoms with Crippen molar-refractivity contribution in [1.29, 1.82) is 0 Å². The summed E-state index contributed by atoms with van der Waals surface area (Å²) in [5, 5.41) is 12.6. The lowest BCUT2D eigenvalue weighted by molar-refractivity contribution is 0.0681. The maximum atomic E-state index is 13.4. The van der Waals surface area contributed by atoms with E-state index in [9.17, 15) is 18.0 Å². The number of benzene rings is 1. The van der Waals surface area contributed by atoms with Gasteiger partial charge in [-0.15, -0.1) is 0 Å². The average molecular weight is 314 g/mol. The molecule has 0 saturated heterocycles. The number of halogens is 3. The molecule has 0 atom stereocenters. The molecule has 0 bridgehead atoms. The molecular weight excluding hydrogens is 301 g/mol. The minimum absolute atomic E-state index is 0.143. The average Bonchev–Trinajstić information content (AvgIpc) is 2.78. The minimum atomic E-state index is -3.05. The van der Waals surface area contributed by atoms with E-state index in [4.69, 9.17) is 9.84 Å². The highest BCUT2D eigenvalue weighted by Gasteiger charge is 2.29. The second kappa shape index (κ2) is 6.08. The van der Waals surface area contributed by atoms with Crippen molar-refractivity contribution in [3.63, 3.8) is 0 Å². The molecule has 2 aromatic rings. The van der Waals surface area contributed by atoms with E-state index < -0.39 is 29.5 Å². The second-order valence-electron chi connectivity index (χ2n) is 4.50. The van der Waals surface area contributed by atoms with Gasteiger partial charge in [0, 0.05) is 7.05 Å². The van der Waals surface area contributed by atoms with Crippen molar-refractivity contribution in [2.45, 2.75) is 19.8 Å². The summed E-state index contributed by atoms with van der Waals surface area (Å²) in [4.78, 5) is 11.2. The predicted octanol–water partition coefficient (Wildman–Crippen LogP) is 3.55. The maximum Gasteiger partial charge on any atom is 0.343 e. The third kappa shape index (κ3) is 2.90. The molecule has 0 radical (unpaired) electrons. The first-order valence-corrected chi connectivity index (χ1v) is 6.39. The van der Waals surface area contributed by atoms with Gasteiger partial charge < -0.3 is 9.84 Å². The lowest BCUT2D eigenvalue weighted by Crippen LogP contribution is -2.03. The number of rotatable bonds is 5. The van der Waals surface area contributed by atoms with Crippen molar-refractivity contribution in [2.24, 2.45) is 7.05 Å². The Balaban J connectivity index is 2.47. The summed E-state index contributed by atoms with van der Waals surface area (Å²) >= 11 is 0. The van der Waals surface area contributed by atoms with E-state index >= 15 is 0 Å². The first kappa shape index (κ1) is 15.9. The van der Waals surface area contributed by atoms with Gasteiger partial charge >= 0.3 is 5.97 Å². The fraction of sp³-hybridized carbons (Fsp3) is 0.286. The molecule has 8 heteroatoms. The number of aryl methyl sites for hydroxylation is 2. The Bertz CT molecular complexity index is 714. The number of nitrogens with zero attached hydrogens (tertiary/aromatic N) is 2. The van der Waals surface area contributed by atoms with Crippen LogP contribution in [-0.2, 0) is 13.5 Å². The van der Waals surface area contributed by atoms with Gasteiger partial charge in [-0.05, 0) is 30.2 Å². The number of carboxylic acids is 1. The molecule has 1 heterocycles. The van der Waals surface area contributed by atoms with E-state index in [1.54, 1.807) is 6.92 Å². The van der Waals surface area contributed by atoms with Crippen LogP contribution in [0, 0.1) is 5.82 Å². The highest BCUT2D eigenvalue weighted by molar-refractivity contribution is 5.92. The zero-order valence-corrected chi connectivity index (χ0v) is 11.8. The number of hydrogen-bond donors (Lipinski definition) is 1. The normalized spacial score (nSPS) is 11.0. The summed E-state index contributed by atoms with van der Waals surface area (Å²) in [6.07, 6.45) is -2.64. The fourth-order valence-electron chi connectivity index (χ4n) is 2.00. The van der Waals surface area contributed by atoms with Gasteiger partial charge in [0.15, 0.2) is 5.56 Å². The Morgan fingerprint density at radius 3 is 2.68 bits per heavy atom. The lowest BCUT2D eigenvalue weighted by atomic mass is 10.1. The Kier molecular flexibility index (Phi) is 4.39. The van der Waals surface area contributed by atoms with Crippen molar-refractivity contribution >= 4 is 5.97 Å². The molecule has 118 valence electrons. The summed E-state index contributed by atoms with van der Waals surface area (Å²) in [7, 11) is 1.29. The van der Waals surface area contributed by atoms with E-state index in [-0.39, 0.29) is 11.6 Å².